The van der Waals surface area contributed by atoms with Crippen molar-refractivity contribution in [2.45, 2.75) is 136 Å². The van der Waals surface area contributed by atoms with Crippen LogP contribution in [0.25, 0.3) is 0 Å². The smallest absolute Gasteiger partial charge is 0.310 e. The number of carbonyl (C=O) groups excluding carboxylic acids is 1. The van der Waals surface area contributed by atoms with Gasteiger partial charge in [0.1, 0.15) is 5.60 Å². The molecule has 0 radical (unpaired) electrons. The van der Waals surface area contributed by atoms with Crippen molar-refractivity contribution in [1.82, 2.24) is 4.90 Å². The third-order valence-corrected chi connectivity index (χ3v) is 6.76. The first kappa shape index (κ1) is 31.1. The summed E-state index contributed by atoms with van der Waals surface area (Å²) in [6.45, 7) is 11.9. The van der Waals surface area contributed by atoms with E-state index in [4.69, 9.17) is 4.74 Å². The molecule has 190 valence electrons. The molecule has 0 amide bonds. The van der Waals surface area contributed by atoms with Gasteiger partial charge >= 0.3 is 5.97 Å². The Balaban J connectivity index is 4.19. The van der Waals surface area contributed by atoms with Crippen LogP contribution in [0, 0.1) is 11.8 Å². The predicted molar refractivity (Wildman–Crippen MR) is 138 cm³/mol. The summed E-state index contributed by atoms with van der Waals surface area (Å²) in [6.07, 6.45) is 19.9. The van der Waals surface area contributed by atoms with E-state index < -0.39 is 11.3 Å². The zero-order chi connectivity index (χ0) is 24.6. The van der Waals surface area contributed by atoms with Gasteiger partial charge in [0.05, 0.1) is 5.92 Å². The Bertz CT molecular complexity index is 513. The number of aliphatic hydroxyl groups is 1. The van der Waals surface area contributed by atoms with Crippen molar-refractivity contribution in [3.63, 3.8) is 0 Å². The van der Waals surface area contributed by atoms with Crippen LogP contribution in [-0.4, -0.2) is 41.4 Å². The van der Waals surface area contributed by atoms with Crippen LogP contribution in [0.4, 0.5) is 0 Å². The molecule has 0 aromatic rings. The fraction of sp³-hybridized carbons (Fsp3) is 0.893. The molecule has 4 nitrogen and oxygen atoms in total. The first-order valence-corrected chi connectivity index (χ1v) is 13.3. The van der Waals surface area contributed by atoms with Crippen LogP contribution in [-0.2, 0) is 9.53 Å². The maximum Gasteiger partial charge on any atom is 0.310 e. The molecule has 0 aliphatic rings. The van der Waals surface area contributed by atoms with Gasteiger partial charge in [-0.3, -0.25) is 9.69 Å². The van der Waals surface area contributed by atoms with E-state index in [-0.39, 0.29) is 11.9 Å². The van der Waals surface area contributed by atoms with Crippen LogP contribution in [0.1, 0.15) is 125 Å². The van der Waals surface area contributed by atoms with Crippen LogP contribution in [0.3, 0.4) is 0 Å². The van der Waals surface area contributed by atoms with Gasteiger partial charge < -0.3 is 9.84 Å². The van der Waals surface area contributed by atoms with Gasteiger partial charge in [0.25, 0.3) is 0 Å². The molecule has 0 heterocycles. The highest BCUT2D eigenvalue weighted by molar-refractivity contribution is 5.72. The maximum absolute atomic E-state index is 12.8. The number of hydrogen-bond donors (Lipinski definition) is 1. The summed E-state index contributed by atoms with van der Waals surface area (Å²) < 4.78 is 5.92. The second-order valence-corrected chi connectivity index (χ2v) is 10.7. The van der Waals surface area contributed by atoms with E-state index >= 15 is 0 Å². The van der Waals surface area contributed by atoms with Gasteiger partial charge in [0.2, 0.25) is 0 Å². The lowest BCUT2D eigenvalue weighted by Gasteiger charge is -2.47. The topological polar surface area (TPSA) is 49.8 Å². The summed E-state index contributed by atoms with van der Waals surface area (Å²) >= 11 is 0. The van der Waals surface area contributed by atoms with Crippen LogP contribution in [0.5, 0.6) is 0 Å². The second kappa shape index (κ2) is 16.7. The van der Waals surface area contributed by atoms with Crippen molar-refractivity contribution in [3.8, 4) is 0 Å². The summed E-state index contributed by atoms with van der Waals surface area (Å²) in [5, 5.41) is 11.1. The highest BCUT2D eigenvalue weighted by Crippen LogP contribution is 2.34. The third-order valence-electron chi connectivity index (χ3n) is 6.76. The molecule has 0 aliphatic carbocycles. The van der Waals surface area contributed by atoms with Gasteiger partial charge in [-0.25, -0.2) is 0 Å². The second-order valence-electron chi connectivity index (χ2n) is 10.7. The Kier molecular flexibility index (Phi) is 16.2. The molecule has 0 aromatic heterocycles. The molecule has 3 unspecified atom stereocenters. The van der Waals surface area contributed by atoms with Crippen molar-refractivity contribution >= 4 is 5.97 Å². The van der Waals surface area contributed by atoms with Gasteiger partial charge in [0, 0.05) is 0 Å². The summed E-state index contributed by atoms with van der Waals surface area (Å²) in [5.74, 6) is -0.0725. The number of likely N-dealkylation sites (N-methyl/N-ethyl adjacent to an activating group) is 1. The van der Waals surface area contributed by atoms with E-state index in [1.807, 2.05) is 32.8 Å². The number of hydrogen-bond acceptors (Lipinski definition) is 4. The zero-order valence-electron chi connectivity index (χ0n) is 22.7. The lowest BCUT2D eigenvalue weighted by atomic mass is 9.84. The summed E-state index contributed by atoms with van der Waals surface area (Å²) in [5.41, 5.74) is -2.18. The third kappa shape index (κ3) is 12.4. The van der Waals surface area contributed by atoms with E-state index in [2.05, 4.69) is 32.9 Å². The molecule has 0 fully saturated rings. The van der Waals surface area contributed by atoms with Gasteiger partial charge in [-0.1, -0.05) is 84.8 Å². The fourth-order valence-corrected chi connectivity index (χ4v) is 4.25. The van der Waals surface area contributed by atoms with E-state index in [1.54, 1.807) is 6.92 Å². The quantitative estimate of drug-likeness (QED) is 0.0952. The first-order valence-electron chi connectivity index (χ1n) is 13.3. The number of rotatable bonds is 19. The van der Waals surface area contributed by atoms with Crippen molar-refractivity contribution in [1.29, 1.82) is 0 Å². The summed E-state index contributed by atoms with van der Waals surface area (Å²) in [4.78, 5) is 14.6. The fourth-order valence-electron chi connectivity index (χ4n) is 4.25. The monoisotopic (exact) mass is 453 g/mol. The minimum Gasteiger partial charge on any atom is -0.441 e. The minimum atomic E-state index is -1.12. The highest BCUT2D eigenvalue weighted by atomic mass is 16.6. The lowest BCUT2D eigenvalue weighted by Crippen LogP contribution is -2.62. The van der Waals surface area contributed by atoms with E-state index in [0.29, 0.717) is 12.3 Å². The Hall–Kier alpha value is -0.870. The van der Waals surface area contributed by atoms with Crippen LogP contribution >= 0.6 is 0 Å². The van der Waals surface area contributed by atoms with Gasteiger partial charge in [0.15, 0.2) is 5.72 Å². The Morgan fingerprint density at radius 2 is 1.41 bits per heavy atom. The average Bonchev–Trinajstić information content (AvgIpc) is 2.69. The molecule has 3 atom stereocenters. The number of carbonyl (C=O) groups is 1. The maximum atomic E-state index is 12.8. The minimum absolute atomic E-state index is 0.160. The Labute approximate surface area is 200 Å². The van der Waals surface area contributed by atoms with Crippen LogP contribution < -0.4 is 0 Å². The van der Waals surface area contributed by atoms with E-state index in [1.165, 1.54) is 51.4 Å². The zero-order valence-corrected chi connectivity index (χ0v) is 22.7. The molecule has 0 spiro atoms. The number of unbranched alkanes of at least 4 members (excludes halogenated alkanes) is 9. The van der Waals surface area contributed by atoms with Crippen LogP contribution in [0.15, 0.2) is 12.2 Å². The standard InChI is InChI=1S/C28H55NO3/c1-9-10-11-12-13-14-15-16-17-18-19-20-21-22-25(4)26(30)32-28(6,29(7)8)27(5,31)23-24(2)3/h16-17,24-25,31H,9-15,18-23H2,1-8H3. The van der Waals surface area contributed by atoms with Crippen molar-refractivity contribution in [2.75, 3.05) is 14.1 Å². The number of allylic oxidation sites excluding steroid dienone is 2. The largest absolute Gasteiger partial charge is 0.441 e. The summed E-state index contributed by atoms with van der Waals surface area (Å²) in [6, 6.07) is 0. The molecule has 0 bridgehead atoms. The first-order chi connectivity index (χ1) is 15.0. The van der Waals surface area contributed by atoms with Gasteiger partial charge in [-0.2, -0.15) is 0 Å². The van der Waals surface area contributed by atoms with Gasteiger partial charge in [-0.05, 0) is 72.4 Å². The highest BCUT2D eigenvalue weighted by Gasteiger charge is 2.49. The van der Waals surface area contributed by atoms with Crippen molar-refractivity contribution in [2.24, 2.45) is 11.8 Å². The number of nitrogens with zero attached hydrogens (tertiary/aromatic N) is 1. The van der Waals surface area contributed by atoms with Crippen molar-refractivity contribution in [3.05, 3.63) is 12.2 Å². The van der Waals surface area contributed by atoms with E-state index in [9.17, 15) is 9.90 Å². The number of esters is 1. The Morgan fingerprint density at radius 1 is 0.906 bits per heavy atom. The SMILES string of the molecule is CCCCCCCCC=CCCCCCC(C)C(=O)OC(C)(N(C)C)C(C)(O)CC(C)C. The predicted octanol–water partition coefficient (Wildman–Crippen LogP) is 7.50. The molecule has 0 saturated carbocycles. The van der Waals surface area contributed by atoms with Crippen LogP contribution in [0.2, 0.25) is 0 Å². The molecule has 32 heavy (non-hydrogen) atoms. The molecule has 0 aromatic carbocycles. The lowest BCUT2D eigenvalue weighted by molar-refractivity contribution is -0.236. The summed E-state index contributed by atoms with van der Waals surface area (Å²) in [7, 11) is 3.71. The molecular weight excluding hydrogens is 398 g/mol. The van der Waals surface area contributed by atoms with E-state index in [0.717, 1.165) is 25.7 Å². The molecule has 0 saturated heterocycles. The molecular formula is C28H55NO3. The molecule has 0 rings (SSSR count). The molecule has 1 N–H and O–H groups in total. The molecule has 0 aliphatic heterocycles. The van der Waals surface area contributed by atoms with Gasteiger partial charge in [-0.15, -0.1) is 0 Å². The Morgan fingerprint density at radius 3 is 1.91 bits per heavy atom. The normalized spacial score (nSPS) is 17.0. The number of ether oxygens (including phenoxy) is 1. The molecule has 4 heteroatoms. The average molecular weight is 454 g/mol. The van der Waals surface area contributed by atoms with Crippen molar-refractivity contribution < 1.29 is 14.6 Å².